The molecule has 0 bridgehead atoms. The van der Waals surface area contributed by atoms with Gasteiger partial charge < -0.3 is 0 Å². The lowest BCUT2D eigenvalue weighted by Crippen LogP contribution is -2.01. The number of carbonyl (C=O) groups is 1. The Morgan fingerprint density at radius 2 is 2.25 bits per heavy atom. The third kappa shape index (κ3) is 3.33. The zero-order valence-corrected chi connectivity index (χ0v) is 10.2. The van der Waals surface area contributed by atoms with E-state index in [1.807, 2.05) is 20.0 Å². The van der Waals surface area contributed by atoms with Crippen LogP contribution in [-0.2, 0) is 7.05 Å². The zero-order chi connectivity index (χ0) is 12.0. The number of aromatic nitrogens is 2. The molecule has 0 aliphatic carbocycles. The minimum Gasteiger partial charge on any atom is -0.294 e. The first-order chi connectivity index (χ1) is 7.66. The molecule has 0 amide bonds. The summed E-state index contributed by atoms with van der Waals surface area (Å²) in [7, 11) is 1.86. The summed E-state index contributed by atoms with van der Waals surface area (Å²) in [5, 5.41) is 4.08. The van der Waals surface area contributed by atoms with Crippen LogP contribution in [0, 0.1) is 6.92 Å². The summed E-state index contributed by atoms with van der Waals surface area (Å²) in [6.45, 7) is 5.61. The number of hydrogen-bond acceptors (Lipinski definition) is 2. The minimum atomic E-state index is 0.212. The predicted octanol–water partition coefficient (Wildman–Crippen LogP) is 3.05. The average molecular weight is 220 g/mol. The van der Waals surface area contributed by atoms with Crippen molar-refractivity contribution in [2.24, 2.45) is 7.05 Å². The molecule has 0 atom stereocenters. The monoisotopic (exact) mass is 220 g/mol. The summed E-state index contributed by atoms with van der Waals surface area (Å²) in [4.78, 5) is 11.8. The van der Waals surface area contributed by atoms with Crippen LogP contribution in [0.2, 0.25) is 0 Å². The van der Waals surface area contributed by atoms with Gasteiger partial charge in [-0.1, -0.05) is 12.5 Å². The minimum absolute atomic E-state index is 0.212. The maximum absolute atomic E-state index is 11.8. The van der Waals surface area contributed by atoms with Crippen molar-refractivity contribution in [3.05, 3.63) is 30.1 Å². The number of unbranched alkanes of at least 4 members (excludes halogenated alkanes) is 3. The average Bonchev–Trinajstić information content (AvgIpc) is 2.59. The maximum Gasteiger partial charge on any atom is 0.166 e. The van der Waals surface area contributed by atoms with Gasteiger partial charge in [0.05, 0.1) is 11.8 Å². The Hall–Kier alpha value is -1.38. The van der Waals surface area contributed by atoms with Crippen LogP contribution in [0.25, 0.3) is 0 Å². The normalized spacial score (nSPS) is 10.4. The van der Waals surface area contributed by atoms with Crippen molar-refractivity contribution in [3.63, 3.8) is 0 Å². The van der Waals surface area contributed by atoms with E-state index in [1.54, 1.807) is 10.9 Å². The fourth-order valence-corrected chi connectivity index (χ4v) is 1.66. The highest BCUT2D eigenvalue weighted by Gasteiger charge is 2.11. The van der Waals surface area contributed by atoms with Crippen LogP contribution < -0.4 is 0 Å². The van der Waals surface area contributed by atoms with Gasteiger partial charge in [0.25, 0.3) is 0 Å². The topological polar surface area (TPSA) is 34.9 Å². The molecule has 0 radical (unpaired) electrons. The quantitative estimate of drug-likeness (QED) is 0.402. The van der Waals surface area contributed by atoms with E-state index in [0.717, 1.165) is 36.9 Å². The van der Waals surface area contributed by atoms with Crippen molar-refractivity contribution in [1.29, 1.82) is 0 Å². The van der Waals surface area contributed by atoms with Crippen molar-refractivity contribution in [2.75, 3.05) is 0 Å². The first kappa shape index (κ1) is 12.7. The van der Waals surface area contributed by atoms with Gasteiger partial charge in [-0.05, 0) is 26.2 Å². The second-order valence-electron chi connectivity index (χ2n) is 4.08. The molecule has 0 aliphatic rings. The van der Waals surface area contributed by atoms with Crippen LogP contribution in [0.5, 0.6) is 0 Å². The molecule has 88 valence electrons. The van der Waals surface area contributed by atoms with Crippen LogP contribution in [0.1, 0.15) is 48.2 Å². The fraction of sp³-hybridized carbons (Fsp3) is 0.538. The van der Waals surface area contributed by atoms with E-state index in [4.69, 9.17) is 0 Å². The highest BCUT2D eigenvalue weighted by molar-refractivity contribution is 5.96. The van der Waals surface area contributed by atoms with E-state index >= 15 is 0 Å². The predicted molar refractivity (Wildman–Crippen MR) is 65.6 cm³/mol. The van der Waals surface area contributed by atoms with Crippen LogP contribution in [0.4, 0.5) is 0 Å². The number of allylic oxidation sites excluding steroid dienone is 1. The van der Waals surface area contributed by atoms with Crippen LogP contribution >= 0.6 is 0 Å². The third-order valence-corrected chi connectivity index (χ3v) is 2.85. The molecule has 0 aromatic carbocycles. The molecule has 16 heavy (non-hydrogen) atoms. The summed E-state index contributed by atoms with van der Waals surface area (Å²) >= 11 is 0. The lowest BCUT2D eigenvalue weighted by Gasteiger charge is -2.00. The van der Waals surface area contributed by atoms with E-state index in [0.29, 0.717) is 6.42 Å². The van der Waals surface area contributed by atoms with Crippen molar-refractivity contribution in [3.8, 4) is 0 Å². The molecular weight excluding hydrogens is 200 g/mol. The van der Waals surface area contributed by atoms with Gasteiger partial charge in [0.1, 0.15) is 0 Å². The Balaban J connectivity index is 2.35. The van der Waals surface area contributed by atoms with Crippen LogP contribution in [0.3, 0.4) is 0 Å². The molecule has 0 fully saturated rings. The van der Waals surface area contributed by atoms with Gasteiger partial charge in [-0.2, -0.15) is 5.10 Å². The van der Waals surface area contributed by atoms with Gasteiger partial charge in [-0.3, -0.25) is 9.48 Å². The summed E-state index contributed by atoms with van der Waals surface area (Å²) in [5.74, 6) is 0.212. The van der Waals surface area contributed by atoms with E-state index in [1.165, 1.54) is 0 Å². The highest BCUT2D eigenvalue weighted by atomic mass is 16.1. The molecule has 1 rings (SSSR count). The van der Waals surface area contributed by atoms with Crippen molar-refractivity contribution >= 4 is 5.78 Å². The fourth-order valence-electron chi connectivity index (χ4n) is 1.66. The molecular formula is C13H20N2O. The lowest BCUT2D eigenvalue weighted by molar-refractivity contribution is 0.0978. The molecule has 0 spiro atoms. The molecule has 0 N–H and O–H groups in total. The van der Waals surface area contributed by atoms with Gasteiger partial charge in [0.15, 0.2) is 5.78 Å². The summed E-state index contributed by atoms with van der Waals surface area (Å²) in [6, 6.07) is 0. The van der Waals surface area contributed by atoms with Gasteiger partial charge in [-0.15, -0.1) is 6.58 Å². The molecule has 0 saturated carbocycles. The highest BCUT2D eigenvalue weighted by Crippen LogP contribution is 2.12. The first-order valence-corrected chi connectivity index (χ1v) is 5.79. The number of nitrogens with zero attached hydrogens (tertiary/aromatic N) is 2. The van der Waals surface area contributed by atoms with Crippen molar-refractivity contribution in [2.45, 2.75) is 39.0 Å². The van der Waals surface area contributed by atoms with Crippen molar-refractivity contribution < 1.29 is 4.79 Å². The Morgan fingerprint density at radius 1 is 1.50 bits per heavy atom. The summed E-state index contributed by atoms with van der Waals surface area (Å²) in [6.07, 6.45) is 8.44. The van der Waals surface area contributed by atoms with E-state index in [9.17, 15) is 4.79 Å². The first-order valence-electron chi connectivity index (χ1n) is 5.79. The van der Waals surface area contributed by atoms with Gasteiger partial charge >= 0.3 is 0 Å². The molecule has 1 aromatic heterocycles. The van der Waals surface area contributed by atoms with E-state index < -0.39 is 0 Å². The lowest BCUT2D eigenvalue weighted by atomic mass is 10.0. The van der Waals surface area contributed by atoms with Gasteiger partial charge in [0.2, 0.25) is 0 Å². The van der Waals surface area contributed by atoms with Crippen LogP contribution in [0.15, 0.2) is 18.9 Å². The van der Waals surface area contributed by atoms with Gasteiger partial charge in [0, 0.05) is 19.2 Å². The Bertz CT molecular complexity index is 366. The molecule has 0 aliphatic heterocycles. The molecule has 0 saturated heterocycles. The number of rotatable bonds is 7. The smallest absolute Gasteiger partial charge is 0.166 e. The zero-order valence-electron chi connectivity index (χ0n) is 10.2. The Kier molecular flexibility index (Phi) is 4.96. The van der Waals surface area contributed by atoms with Crippen LogP contribution in [-0.4, -0.2) is 15.6 Å². The largest absolute Gasteiger partial charge is 0.294 e. The molecule has 1 heterocycles. The molecule has 3 nitrogen and oxygen atoms in total. The molecule has 3 heteroatoms. The SMILES string of the molecule is C=CCCCCCC(=O)c1cnn(C)c1C. The van der Waals surface area contributed by atoms with E-state index in [-0.39, 0.29) is 5.78 Å². The van der Waals surface area contributed by atoms with E-state index in [2.05, 4.69) is 11.7 Å². The number of Topliss-reactive ketones (excluding diaryl/α,β-unsaturated/α-hetero) is 1. The number of carbonyl (C=O) groups excluding carboxylic acids is 1. The standard InChI is InChI=1S/C13H20N2O/c1-4-5-6-7-8-9-13(16)12-10-14-15(3)11(12)2/h4,10H,1,5-9H2,2-3H3. The number of ketones is 1. The summed E-state index contributed by atoms with van der Waals surface area (Å²) in [5.41, 5.74) is 1.72. The third-order valence-electron chi connectivity index (χ3n) is 2.85. The van der Waals surface area contributed by atoms with Crippen molar-refractivity contribution in [1.82, 2.24) is 9.78 Å². The Morgan fingerprint density at radius 3 is 2.81 bits per heavy atom. The molecule has 1 aromatic rings. The number of aryl methyl sites for hydroxylation is 1. The Labute approximate surface area is 97.2 Å². The summed E-state index contributed by atoms with van der Waals surface area (Å²) < 4.78 is 1.74. The number of hydrogen-bond donors (Lipinski definition) is 0. The second-order valence-corrected chi connectivity index (χ2v) is 4.08. The second kappa shape index (κ2) is 6.26. The van der Waals surface area contributed by atoms with Gasteiger partial charge in [-0.25, -0.2) is 0 Å². The molecule has 0 unspecified atom stereocenters. The maximum atomic E-state index is 11.8.